The average molecular weight is 602 g/mol. The topological polar surface area (TPSA) is 121 Å². The van der Waals surface area contributed by atoms with Crippen LogP contribution in [-0.2, 0) is 34.8 Å². The monoisotopic (exact) mass is 602 g/mol. The average Bonchev–Trinajstić information content (AvgIpc) is 3.32. The van der Waals surface area contributed by atoms with Crippen LogP contribution in [0, 0.1) is 0 Å². The molecule has 0 saturated carbocycles. The zero-order valence-electron chi connectivity index (χ0n) is 23.5. The van der Waals surface area contributed by atoms with Crippen LogP contribution in [-0.4, -0.2) is 132 Å². The normalized spacial score (nSPS) is 34.2. The van der Waals surface area contributed by atoms with Crippen molar-refractivity contribution in [1.82, 2.24) is 12.9 Å². The lowest BCUT2D eigenvalue weighted by molar-refractivity contribution is 0.0272. The molecule has 6 atom stereocenters. The first-order valence-corrected chi connectivity index (χ1v) is 18.8. The number of hydrogen-bond acceptors (Lipinski definition) is 7. The zero-order valence-corrected chi connectivity index (χ0v) is 26.0. The molecule has 6 aliphatic heterocycles. The zero-order chi connectivity index (χ0) is 26.3. The van der Waals surface area contributed by atoms with Crippen molar-refractivity contribution in [2.24, 2.45) is 0 Å². The molecule has 0 aliphatic carbocycles. The number of ether oxygens (including phenoxy) is 1. The van der Waals surface area contributed by atoms with Crippen LogP contribution in [0.1, 0.15) is 77.0 Å². The number of sulfonamides is 3. The van der Waals surface area contributed by atoms with Gasteiger partial charge in [0.05, 0.1) is 32.0 Å². The van der Waals surface area contributed by atoms with Crippen LogP contribution in [0.2, 0.25) is 0 Å². The molecule has 6 fully saturated rings. The Hall–Kier alpha value is -0.115. The summed E-state index contributed by atoms with van der Waals surface area (Å²) < 4.78 is 78.5. The summed E-state index contributed by atoms with van der Waals surface area (Å²) in [6.45, 7) is 1.15. The molecule has 219 valence electrons. The molecule has 6 bridgehead atoms. The van der Waals surface area contributed by atoms with Gasteiger partial charge in [-0.15, -0.1) is 0 Å². The predicted octanol–water partition coefficient (Wildman–Crippen LogP) is 0.593. The molecule has 6 rings (SSSR count). The first kappa shape index (κ1) is 36.9. The lowest BCUT2D eigenvalue weighted by Gasteiger charge is -2.32. The van der Waals surface area contributed by atoms with Gasteiger partial charge in [-0.05, 0) is 64.2 Å². The molecule has 0 N–H and O–H groups in total. The van der Waals surface area contributed by atoms with Crippen molar-refractivity contribution >= 4 is 55.3 Å². The second-order valence-electron chi connectivity index (χ2n) is 11.3. The van der Waals surface area contributed by atoms with Crippen molar-refractivity contribution in [3.05, 3.63) is 0 Å². The van der Waals surface area contributed by atoms with E-state index in [9.17, 15) is 25.3 Å². The Kier molecular flexibility index (Phi) is 13.6. The molecular formula is C23H43B3N3O7S3. The van der Waals surface area contributed by atoms with E-state index < -0.39 is 30.1 Å². The fraction of sp³-hybridized carbons (Fsp3) is 1.00. The lowest BCUT2D eigenvalue weighted by Crippen LogP contribution is -2.48. The van der Waals surface area contributed by atoms with Gasteiger partial charge in [-0.25, -0.2) is 25.3 Å². The Morgan fingerprint density at radius 3 is 0.872 bits per heavy atom. The van der Waals surface area contributed by atoms with Crippen molar-refractivity contribution in [1.29, 1.82) is 0 Å². The van der Waals surface area contributed by atoms with E-state index in [0.29, 0.717) is 37.4 Å². The summed E-state index contributed by atoms with van der Waals surface area (Å²) in [5.41, 5.74) is 0. The van der Waals surface area contributed by atoms with Crippen molar-refractivity contribution in [2.45, 2.75) is 113 Å². The molecule has 9 radical (unpaired) electrons. The third-order valence-electron chi connectivity index (χ3n) is 8.58. The van der Waals surface area contributed by atoms with Crippen LogP contribution >= 0.6 is 0 Å². The molecule has 6 saturated heterocycles. The molecule has 6 unspecified atom stereocenters. The van der Waals surface area contributed by atoms with Gasteiger partial charge in [0, 0.05) is 61.5 Å². The second kappa shape index (κ2) is 14.4. The van der Waals surface area contributed by atoms with Gasteiger partial charge in [0.15, 0.2) is 0 Å². The highest BCUT2D eigenvalue weighted by Gasteiger charge is 2.43. The van der Waals surface area contributed by atoms with E-state index in [-0.39, 0.29) is 37.3 Å². The molecule has 0 amide bonds. The number of nitrogens with zero attached hydrogens (tertiary/aromatic N) is 3. The summed E-state index contributed by atoms with van der Waals surface area (Å²) in [6, 6.07) is 1.55. The molecule has 10 nitrogen and oxygen atoms in total. The fourth-order valence-corrected chi connectivity index (χ4v) is 11.8. The number of hydrogen-bond donors (Lipinski definition) is 0. The van der Waals surface area contributed by atoms with Gasteiger partial charge >= 0.3 is 0 Å². The second-order valence-corrected chi connectivity index (χ2v) is 17.0. The van der Waals surface area contributed by atoms with Crippen LogP contribution in [0.25, 0.3) is 0 Å². The number of rotatable bonds is 3. The Bertz CT molecular complexity index is 925. The van der Waals surface area contributed by atoms with Crippen LogP contribution in [0.4, 0.5) is 0 Å². The van der Waals surface area contributed by atoms with E-state index in [1.807, 2.05) is 0 Å². The molecule has 6 aliphatic rings. The quantitative estimate of drug-likeness (QED) is 0.434. The Labute approximate surface area is 242 Å². The van der Waals surface area contributed by atoms with E-state index in [0.717, 1.165) is 64.2 Å². The molecule has 6 heterocycles. The molecule has 0 aromatic heterocycles. The number of fused-ring (bicyclic) bond motifs is 6. The Morgan fingerprint density at radius 1 is 0.436 bits per heavy atom. The number of piperidine rings is 2. The summed E-state index contributed by atoms with van der Waals surface area (Å²) in [4.78, 5) is 0. The highest BCUT2D eigenvalue weighted by Crippen LogP contribution is 2.38. The molecule has 16 heteroatoms. The van der Waals surface area contributed by atoms with E-state index in [1.54, 1.807) is 12.9 Å². The highest BCUT2D eigenvalue weighted by molar-refractivity contribution is 7.88. The highest BCUT2D eigenvalue weighted by atomic mass is 32.2. The van der Waals surface area contributed by atoms with Gasteiger partial charge in [-0.2, -0.15) is 12.9 Å². The van der Waals surface area contributed by atoms with Gasteiger partial charge in [0.1, 0.15) is 0 Å². The van der Waals surface area contributed by atoms with E-state index in [1.165, 1.54) is 31.6 Å². The van der Waals surface area contributed by atoms with Crippen LogP contribution in [0.3, 0.4) is 0 Å². The van der Waals surface area contributed by atoms with Crippen LogP contribution in [0.5, 0.6) is 0 Å². The summed E-state index contributed by atoms with van der Waals surface area (Å²) in [5, 5.41) is 0. The summed E-state index contributed by atoms with van der Waals surface area (Å²) in [6.07, 6.45) is 16.9. The summed E-state index contributed by atoms with van der Waals surface area (Å²) >= 11 is 0. The standard InChI is InChI=1S/2C8H15NO2S.C7H13NO3S.3B/c2*1-12(10,11)9-7-3-2-4-8(9)6-5-7;1-12(9,10)8-6-2-3-7(8)5-11-4-6;;;/h2*7-8H,2-6H2,1H3;6-7H,2-5H2,1H3;;;. The van der Waals surface area contributed by atoms with Crippen molar-refractivity contribution in [3.63, 3.8) is 0 Å². The van der Waals surface area contributed by atoms with Gasteiger partial charge < -0.3 is 4.74 Å². The Balaban J connectivity index is 0.000000282. The first-order chi connectivity index (χ1) is 16.8. The van der Waals surface area contributed by atoms with Crippen molar-refractivity contribution in [2.75, 3.05) is 32.0 Å². The minimum Gasteiger partial charge on any atom is -0.378 e. The van der Waals surface area contributed by atoms with E-state index >= 15 is 0 Å². The summed E-state index contributed by atoms with van der Waals surface area (Å²) in [7, 11) is -8.87. The Morgan fingerprint density at radius 2 is 0.667 bits per heavy atom. The smallest absolute Gasteiger partial charge is 0.211 e. The predicted molar refractivity (Wildman–Crippen MR) is 156 cm³/mol. The third-order valence-corrected chi connectivity index (χ3v) is 12.7. The van der Waals surface area contributed by atoms with Crippen molar-refractivity contribution < 1.29 is 30.0 Å². The van der Waals surface area contributed by atoms with Gasteiger partial charge in [-0.3, -0.25) is 0 Å². The molecule has 0 aromatic carbocycles. The minimum absolute atomic E-state index is 0. The van der Waals surface area contributed by atoms with Gasteiger partial charge in [-0.1, -0.05) is 12.8 Å². The minimum atomic E-state index is -3.01. The molecule has 0 spiro atoms. The maximum atomic E-state index is 11.4. The maximum absolute atomic E-state index is 11.4. The SMILES string of the molecule is CS(=O)(=O)N1C2CCC1COC2.CS(=O)(=O)N1C2CCCC1CC2.CS(=O)(=O)N1C2CCCC1CC2.[B].[B].[B]. The lowest BCUT2D eigenvalue weighted by atomic mass is 10.1. The van der Waals surface area contributed by atoms with Gasteiger partial charge in [0.2, 0.25) is 30.1 Å². The summed E-state index contributed by atoms with van der Waals surface area (Å²) in [5.74, 6) is 0. The first-order valence-electron chi connectivity index (χ1n) is 13.3. The van der Waals surface area contributed by atoms with E-state index in [4.69, 9.17) is 4.74 Å². The largest absolute Gasteiger partial charge is 0.378 e. The van der Waals surface area contributed by atoms with Crippen molar-refractivity contribution in [3.8, 4) is 0 Å². The van der Waals surface area contributed by atoms with E-state index in [2.05, 4.69) is 0 Å². The van der Waals surface area contributed by atoms with Gasteiger partial charge in [0.25, 0.3) is 0 Å². The fourth-order valence-electron chi connectivity index (χ4n) is 7.36. The van der Waals surface area contributed by atoms with Crippen LogP contribution < -0.4 is 0 Å². The maximum Gasteiger partial charge on any atom is 0.211 e. The molecular weight excluding hydrogens is 559 g/mol. The van der Waals surface area contributed by atoms with Crippen LogP contribution in [0.15, 0.2) is 0 Å². The molecule has 39 heavy (non-hydrogen) atoms. The third kappa shape index (κ3) is 8.70. The number of morpholine rings is 1. The molecule has 0 aromatic rings.